The molecule has 6 nitrogen and oxygen atoms in total. The van der Waals surface area contributed by atoms with E-state index >= 15 is 0 Å². The zero-order chi connectivity index (χ0) is 17.8. The van der Waals surface area contributed by atoms with Gasteiger partial charge < -0.3 is 26.6 Å². The van der Waals surface area contributed by atoms with Gasteiger partial charge in [-0.2, -0.15) is 0 Å². The minimum Gasteiger partial charge on any atom is -0.506 e. The average Bonchev–Trinajstić information content (AvgIpc) is 2.61. The Kier molecular flexibility index (Phi) is 4.43. The molecule has 0 atom stereocenters. The van der Waals surface area contributed by atoms with Crippen LogP contribution in [0, 0.1) is 0 Å². The lowest BCUT2D eigenvalue weighted by Gasteiger charge is -2.12. The highest BCUT2D eigenvalue weighted by Gasteiger charge is 2.08. The van der Waals surface area contributed by atoms with Gasteiger partial charge in [0.25, 0.3) is 5.91 Å². The smallest absolute Gasteiger partial charge is 0.255 e. The molecular formula is C19H17N3O3. The highest BCUT2D eigenvalue weighted by atomic mass is 16.3. The highest BCUT2D eigenvalue weighted by molar-refractivity contribution is 6.04. The van der Waals surface area contributed by atoms with E-state index in [-0.39, 0.29) is 23.1 Å². The lowest BCUT2D eigenvalue weighted by Crippen LogP contribution is -2.11. The first-order valence-corrected chi connectivity index (χ1v) is 7.58. The number of rotatable bonds is 4. The van der Waals surface area contributed by atoms with Crippen LogP contribution in [0.25, 0.3) is 0 Å². The van der Waals surface area contributed by atoms with Gasteiger partial charge in [-0.1, -0.05) is 18.2 Å². The van der Waals surface area contributed by atoms with E-state index in [0.29, 0.717) is 22.6 Å². The summed E-state index contributed by atoms with van der Waals surface area (Å²) in [7, 11) is 0. The first-order chi connectivity index (χ1) is 12.0. The fourth-order valence-electron chi connectivity index (χ4n) is 2.28. The van der Waals surface area contributed by atoms with Crippen LogP contribution in [0.2, 0.25) is 0 Å². The molecule has 0 aliphatic rings. The van der Waals surface area contributed by atoms with Crippen LogP contribution in [0.3, 0.4) is 0 Å². The Bertz CT molecular complexity index is 911. The van der Waals surface area contributed by atoms with Crippen molar-refractivity contribution in [3.8, 4) is 11.5 Å². The molecule has 0 spiro atoms. The topological polar surface area (TPSA) is 108 Å². The minimum absolute atomic E-state index is 0.0397. The standard InChI is InChI=1S/C19H17N3O3/c20-15-8-6-13(10-17(15)23)21-16-9-7-14(11-18(16)24)22-19(25)12-4-2-1-3-5-12/h1-11,21,23-24H,20H2,(H,22,25). The van der Waals surface area contributed by atoms with E-state index in [1.54, 1.807) is 48.5 Å². The van der Waals surface area contributed by atoms with Gasteiger partial charge in [0.2, 0.25) is 0 Å². The predicted molar refractivity (Wildman–Crippen MR) is 98.3 cm³/mol. The summed E-state index contributed by atoms with van der Waals surface area (Å²) in [6.45, 7) is 0. The Hall–Kier alpha value is -3.67. The van der Waals surface area contributed by atoms with Gasteiger partial charge >= 0.3 is 0 Å². The number of hydrogen-bond donors (Lipinski definition) is 5. The molecule has 6 N–H and O–H groups in total. The molecule has 0 aliphatic carbocycles. The molecule has 3 aromatic carbocycles. The van der Waals surface area contributed by atoms with E-state index in [1.807, 2.05) is 6.07 Å². The summed E-state index contributed by atoms with van der Waals surface area (Å²) >= 11 is 0. The summed E-state index contributed by atoms with van der Waals surface area (Å²) in [4.78, 5) is 12.1. The van der Waals surface area contributed by atoms with E-state index in [4.69, 9.17) is 5.73 Å². The molecule has 0 bridgehead atoms. The van der Waals surface area contributed by atoms with Gasteiger partial charge in [0.1, 0.15) is 11.5 Å². The van der Waals surface area contributed by atoms with Crippen molar-refractivity contribution in [1.29, 1.82) is 0 Å². The lowest BCUT2D eigenvalue weighted by atomic mass is 10.2. The molecule has 126 valence electrons. The Morgan fingerprint density at radius 3 is 2.20 bits per heavy atom. The van der Waals surface area contributed by atoms with Crippen LogP contribution in [0.15, 0.2) is 66.7 Å². The number of hydrogen-bond acceptors (Lipinski definition) is 5. The molecule has 0 unspecified atom stereocenters. The molecular weight excluding hydrogens is 318 g/mol. The number of nitrogen functional groups attached to an aromatic ring is 1. The quantitative estimate of drug-likeness (QED) is 0.369. The maximum atomic E-state index is 12.1. The lowest BCUT2D eigenvalue weighted by molar-refractivity contribution is 0.102. The molecule has 0 radical (unpaired) electrons. The van der Waals surface area contributed by atoms with E-state index in [0.717, 1.165) is 0 Å². The zero-order valence-corrected chi connectivity index (χ0v) is 13.2. The van der Waals surface area contributed by atoms with Crippen molar-refractivity contribution < 1.29 is 15.0 Å². The van der Waals surface area contributed by atoms with Gasteiger partial charge in [0, 0.05) is 29.1 Å². The fourth-order valence-corrected chi connectivity index (χ4v) is 2.28. The van der Waals surface area contributed by atoms with Gasteiger partial charge in [-0.25, -0.2) is 0 Å². The summed E-state index contributed by atoms with van der Waals surface area (Å²) < 4.78 is 0. The third kappa shape index (κ3) is 3.81. The van der Waals surface area contributed by atoms with Gasteiger partial charge in [0.05, 0.1) is 11.4 Å². The normalized spacial score (nSPS) is 10.2. The van der Waals surface area contributed by atoms with Crippen LogP contribution in [0.4, 0.5) is 22.7 Å². The van der Waals surface area contributed by atoms with Crippen molar-refractivity contribution in [3.05, 3.63) is 72.3 Å². The number of benzene rings is 3. The molecule has 0 heterocycles. The van der Waals surface area contributed by atoms with Crippen molar-refractivity contribution in [2.24, 2.45) is 0 Å². The van der Waals surface area contributed by atoms with Crippen molar-refractivity contribution in [2.45, 2.75) is 0 Å². The van der Waals surface area contributed by atoms with Crippen molar-refractivity contribution in [3.63, 3.8) is 0 Å². The molecule has 0 saturated heterocycles. The van der Waals surface area contributed by atoms with Gasteiger partial charge in [-0.15, -0.1) is 0 Å². The summed E-state index contributed by atoms with van der Waals surface area (Å²) in [6, 6.07) is 18.2. The molecule has 0 fully saturated rings. The van der Waals surface area contributed by atoms with Crippen LogP contribution in [0.1, 0.15) is 10.4 Å². The average molecular weight is 335 g/mol. The van der Waals surface area contributed by atoms with Crippen molar-refractivity contribution >= 4 is 28.7 Å². The SMILES string of the molecule is Nc1ccc(Nc2ccc(NC(=O)c3ccccc3)cc2O)cc1O. The fraction of sp³-hybridized carbons (Fsp3) is 0. The van der Waals surface area contributed by atoms with Gasteiger partial charge in [0.15, 0.2) is 0 Å². The molecule has 0 aromatic heterocycles. The second-order valence-electron chi connectivity index (χ2n) is 5.45. The first-order valence-electron chi connectivity index (χ1n) is 7.58. The Morgan fingerprint density at radius 2 is 1.52 bits per heavy atom. The molecule has 3 rings (SSSR count). The molecule has 0 saturated carbocycles. The van der Waals surface area contributed by atoms with E-state index < -0.39 is 0 Å². The summed E-state index contributed by atoms with van der Waals surface area (Å²) in [5.41, 5.74) is 7.83. The van der Waals surface area contributed by atoms with Crippen molar-refractivity contribution in [1.82, 2.24) is 0 Å². The van der Waals surface area contributed by atoms with Crippen molar-refractivity contribution in [2.75, 3.05) is 16.4 Å². The van der Waals surface area contributed by atoms with Crippen LogP contribution in [-0.4, -0.2) is 16.1 Å². The number of carbonyl (C=O) groups excluding carboxylic acids is 1. The molecule has 25 heavy (non-hydrogen) atoms. The van der Waals surface area contributed by atoms with Crippen LogP contribution < -0.4 is 16.4 Å². The number of anilines is 4. The van der Waals surface area contributed by atoms with E-state index in [2.05, 4.69) is 10.6 Å². The molecule has 0 aliphatic heterocycles. The monoisotopic (exact) mass is 335 g/mol. The number of aromatic hydroxyl groups is 2. The third-order valence-corrected chi connectivity index (χ3v) is 3.60. The number of phenols is 2. The largest absolute Gasteiger partial charge is 0.506 e. The van der Waals surface area contributed by atoms with E-state index in [1.165, 1.54) is 12.1 Å². The zero-order valence-electron chi connectivity index (χ0n) is 13.2. The Balaban J connectivity index is 1.74. The summed E-state index contributed by atoms with van der Waals surface area (Å²) in [6.07, 6.45) is 0. The minimum atomic E-state index is -0.260. The molecule has 6 heteroatoms. The number of carbonyl (C=O) groups is 1. The maximum Gasteiger partial charge on any atom is 0.255 e. The van der Waals surface area contributed by atoms with Crippen LogP contribution >= 0.6 is 0 Å². The van der Waals surface area contributed by atoms with Crippen LogP contribution in [0.5, 0.6) is 11.5 Å². The Labute approximate surface area is 144 Å². The van der Waals surface area contributed by atoms with E-state index in [9.17, 15) is 15.0 Å². The second kappa shape index (κ2) is 6.84. The first kappa shape index (κ1) is 16.2. The Morgan fingerprint density at radius 1 is 0.840 bits per heavy atom. The van der Waals surface area contributed by atoms with Crippen LogP contribution in [-0.2, 0) is 0 Å². The molecule has 1 amide bonds. The number of amides is 1. The van der Waals surface area contributed by atoms with Gasteiger partial charge in [-0.3, -0.25) is 4.79 Å². The highest BCUT2D eigenvalue weighted by Crippen LogP contribution is 2.32. The third-order valence-electron chi connectivity index (χ3n) is 3.60. The number of phenolic OH excluding ortho intramolecular Hbond substituents is 2. The predicted octanol–water partition coefficient (Wildman–Crippen LogP) is 3.68. The molecule has 3 aromatic rings. The number of nitrogens with one attached hydrogen (secondary N) is 2. The van der Waals surface area contributed by atoms with Gasteiger partial charge in [-0.05, 0) is 36.4 Å². The summed E-state index contributed by atoms with van der Waals surface area (Å²) in [5.74, 6) is -0.345. The maximum absolute atomic E-state index is 12.1. The summed E-state index contributed by atoms with van der Waals surface area (Å²) in [5, 5.41) is 25.5. The number of nitrogens with two attached hydrogens (primary N) is 1. The second-order valence-corrected chi connectivity index (χ2v) is 5.45.